The van der Waals surface area contributed by atoms with E-state index in [2.05, 4.69) is 6.58 Å². The fourth-order valence-electron chi connectivity index (χ4n) is 0.592. The van der Waals surface area contributed by atoms with Crippen molar-refractivity contribution in [3.63, 3.8) is 0 Å². The van der Waals surface area contributed by atoms with Gasteiger partial charge < -0.3 is 10.5 Å². The quantitative estimate of drug-likeness (QED) is 0.571. The molecule has 5 nitrogen and oxygen atoms in total. The summed E-state index contributed by atoms with van der Waals surface area (Å²) in [4.78, 5) is 0. The molecule has 0 aliphatic rings. The van der Waals surface area contributed by atoms with E-state index in [4.69, 9.17) is 15.0 Å². The molecular weight excluding hydrogens is 218 g/mol. The Morgan fingerprint density at radius 3 is 2.13 bits per heavy atom. The number of ether oxygens (including phenoxy) is 1. The Labute approximate surface area is 91.4 Å². The molecule has 0 aliphatic carbocycles. The van der Waals surface area contributed by atoms with E-state index in [0.717, 1.165) is 0 Å². The number of nitrogens with two attached hydrogens (primary N) is 1. The fraction of sp³-hybridized carbons (Fsp3) is 0.556. The van der Waals surface area contributed by atoms with Gasteiger partial charge in [-0.25, -0.2) is 0 Å². The van der Waals surface area contributed by atoms with E-state index < -0.39 is 10.1 Å². The molecule has 0 spiro atoms. The molecule has 0 heterocycles. The molecule has 0 saturated carbocycles. The largest absolute Gasteiger partial charge is 0.469 e. The van der Waals surface area contributed by atoms with Crippen LogP contribution in [0, 0.1) is 5.92 Å². The summed E-state index contributed by atoms with van der Waals surface area (Å²) in [6.07, 6.45) is 2.71. The van der Waals surface area contributed by atoms with Crippen molar-refractivity contribution in [1.29, 1.82) is 0 Å². The summed E-state index contributed by atoms with van der Waals surface area (Å²) in [6, 6.07) is 0. The summed E-state index contributed by atoms with van der Waals surface area (Å²) in [5, 5.41) is 0. The molecule has 0 aromatic carbocycles. The summed E-state index contributed by atoms with van der Waals surface area (Å²) in [5.41, 5.74) is 5.02. The third-order valence-corrected chi connectivity index (χ3v) is 2.14. The van der Waals surface area contributed by atoms with Crippen molar-refractivity contribution in [3.8, 4) is 0 Å². The first kappa shape index (κ1) is 16.4. The van der Waals surface area contributed by atoms with Gasteiger partial charge in [0.25, 0.3) is 10.1 Å². The maximum Gasteiger partial charge on any atom is 0.265 e. The van der Waals surface area contributed by atoms with Crippen LogP contribution in [0.1, 0.15) is 20.8 Å². The SMILES string of the molecule is C=COC(C)=CN.CC(C)CS(=O)(=O)O. The summed E-state index contributed by atoms with van der Waals surface area (Å²) < 4.78 is 32.8. The highest BCUT2D eigenvalue weighted by molar-refractivity contribution is 7.85. The second kappa shape index (κ2) is 8.31. The van der Waals surface area contributed by atoms with E-state index in [-0.39, 0.29) is 11.7 Å². The van der Waals surface area contributed by atoms with Crippen LogP contribution in [0.2, 0.25) is 0 Å². The third kappa shape index (κ3) is 19.4. The first-order valence-corrected chi connectivity index (χ1v) is 5.95. The van der Waals surface area contributed by atoms with Gasteiger partial charge in [0, 0.05) is 6.20 Å². The van der Waals surface area contributed by atoms with Crippen LogP contribution in [-0.2, 0) is 14.9 Å². The topological polar surface area (TPSA) is 89.6 Å². The lowest BCUT2D eigenvalue weighted by atomic mass is 10.3. The molecule has 15 heavy (non-hydrogen) atoms. The van der Waals surface area contributed by atoms with Crippen LogP contribution in [0.25, 0.3) is 0 Å². The Morgan fingerprint density at radius 2 is 2.07 bits per heavy atom. The summed E-state index contributed by atoms with van der Waals surface area (Å²) >= 11 is 0. The van der Waals surface area contributed by atoms with E-state index in [1.54, 1.807) is 20.8 Å². The third-order valence-electron chi connectivity index (χ3n) is 1.05. The maximum atomic E-state index is 10.00. The molecule has 0 fully saturated rings. The van der Waals surface area contributed by atoms with Crippen LogP contribution >= 0.6 is 0 Å². The highest BCUT2D eigenvalue weighted by atomic mass is 32.2. The standard InChI is InChI=1S/C5H9NO.C4H10O3S/c1-3-7-5(2)4-6;1-4(2)3-8(5,6)7/h3-4H,1,6H2,2H3;4H,3H2,1-2H3,(H,5,6,7). The molecular formula is C9H19NO4S. The van der Waals surface area contributed by atoms with Gasteiger partial charge in [-0.05, 0) is 12.8 Å². The van der Waals surface area contributed by atoms with Crippen molar-refractivity contribution in [2.45, 2.75) is 20.8 Å². The van der Waals surface area contributed by atoms with Gasteiger partial charge in [-0.15, -0.1) is 0 Å². The van der Waals surface area contributed by atoms with Gasteiger partial charge in [-0.3, -0.25) is 4.55 Å². The molecule has 0 unspecified atom stereocenters. The van der Waals surface area contributed by atoms with Crippen molar-refractivity contribution in [2.24, 2.45) is 11.7 Å². The Morgan fingerprint density at radius 1 is 1.60 bits per heavy atom. The van der Waals surface area contributed by atoms with Crippen molar-refractivity contribution < 1.29 is 17.7 Å². The highest BCUT2D eigenvalue weighted by Crippen LogP contribution is 1.95. The Bertz CT molecular complexity index is 293. The molecule has 0 amide bonds. The van der Waals surface area contributed by atoms with Crippen LogP contribution in [0.3, 0.4) is 0 Å². The summed E-state index contributed by atoms with van der Waals surface area (Å²) in [6.45, 7) is 8.54. The average Bonchev–Trinajstić information content (AvgIpc) is 2.01. The minimum absolute atomic E-state index is 0.00463. The average molecular weight is 237 g/mol. The lowest BCUT2D eigenvalue weighted by Gasteiger charge is -1.97. The normalized spacial score (nSPS) is 11.7. The van der Waals surface area contributed by atoms with Crippen LogP contribution in [-0.4, -0.2) is 18.7 Å². The van der Waals surface area contributed by atoms with Gasteiger partial charge in [0.2, 0.25) is 0 Å². The Kier molecular flexibility index (Phi) is 9.10. The van der Waals surface area contributed by atoms with Gasteiger partial charge in [0.05, 0.1) is 12.0 Å². The number of hydrogen-bond acceptors (Lipinski definition) is 4. The molecule has 6 heteroatoms. The number of allylic oxidation sites excluding steroid dienone is 1. The van der Waals surface area contributed by atoms with Gasteiger partial charge >= 0.3 is 0 Å². The predicted octanol–water partition coefficient (Wildman–Crippen LogP) is 1.50. The van der Waals surface area contributed by atoms with Crippen molar-refractivity contribution >= 4 is 10.1 Å². The van der Waals surface area contributed by atoms with E-state index >= 15 is 0 Å². The first-order chi connectivity index (χ1) is 6.72. The lowest BCUT2D eigenvalue weighted by Crippen LogP contribution is -2.09. The minimum atomic E-state index is -3.72. The second-order valence-corrected chi connectivity index (χ2v) is 4.70. The van der Waals surface area contributed by atoms with Crippen molar-refractivity contribution in [2.75, 3.05) is 5.75 Å². The van der Waals surface area contributed by atoms with Crippen LogP contribution in [0.15, 0.2) is 24.8 Å². The highest BCUT2D eigenvalue weighted by Gasteiger charge is 2.05. The van der Waals surface area contributed by atoms with E-state index in [0.29, 0.717) is 5.76 Å². The molecule has 0 saturated heterocycles. The zero-order valence-electron chi connectivity index (χ0n) is 9.30. The molecule has 0 aliphatic heterocycles. The molecule has 0 atom stereocenters. The minimum Gasteiger partial charge on any atom is -0.469 e. The van der Waals surface area contributed by atoms with E-state index in [1.807, 2.05) is 0 Å². The van der Waals surface area contributed by atoms with Crippen molar-refractivity contribution in [1.82, 2.24) is 0 Å². The van der Waals surface area contributed by atoms with Crippen LogP contribution in [0.5, 0.6) is 0 Å². The van der Waals surface area contributed by atoms with Gasteiger partial charge in [-0.2, -0.15) is 8.42 Å². The molecule has 0 radical (unpaired) electrons. The van der Waals surface area contributed by atoms with Gasteiger partial charge in [0.15, 0.2) is 0 Å². The molecule has 0 aromatic rings. The fourth-order valence-corrected chi connectivity index (χ4v) is 1.43. The molecule has 90 valence electrons. The summed E-state index contributed by atoms with van der Waals surface area (Å²) in [7, 11) is -3.72. The smallest absolute Gasteiger partial charge is 0.265 e. The molecule has 0 bridgehead atoms. The Balaban J connectivity index is 0. The predicted molar refractivity (Wildman–Crippen MR) is 60.5 cm³/mol. The summed E-state index contributed by atoms with van der Waals surface area (Å²) in [5.74, 6) is 0.521. The maximum absolute atomic E-state index is 10.00. The van der Waals surface area contributed by atoms with Crippen molar-refractivity contribution in [3.05, 3.63) is 24.8 Å². The molecule has 0 rings (SSSR count). The van der Waals surface area contributed by atoms with E-state index in [9.17, 15) is 8.42 Å². The molecule has 0 aromatic heterocycles. The molecule has 3 N–H and O–H groups in total. The zero-order chi connectivity index (χ0) is 12.5. The second-order valence-electron chi connectivity index (χ2n) is 3.20. The van der Waals surface area contributed by atoms with Crippen LogP contribution in [0.4, 0.5) is 0 Å². The van der Waals surface area contributed by atoms with Crippen LogP contribution < -0.4 is 5.73 Å². The van der Waals surface area contributed by atoms with Gasteiger partial charge in [0.1, 0.15) is 5.76 Å². The van der Waals surface area contributed by atoms with Gasteiger partial charge in [-0.1, -0.05) is 20.4 Å². The lowest BCUT2D eigenvalue weighted by molar-refractivity contribution is 0.353. The zero-order valence-corrected chi connectivity index (χ0v) is 10.1. The van der Waals surface area contributed by atoms with E-state index in [1.165, 1.54) is 12.5 Å². The number of rotatable bonds is 4. The number of hydrogen-bond donors (Lipinski definition) is 2. The monoisotopic (exact) mass is 237 g/mol. The first-order valence-electron chi connectivity index (χ1n) is 4.34. The Hall–Kier alpha value is -1.01.